The Labute approximate surface area is 121 Å². The van der Waals surface area contributed by atoms with Crippen LogP contribution in [-0.4, -0.2) is 42.6 Å². The van der Waals surface area contributed by atoms with E-state index in [4.69, 9.17) is 9.47 Å². The highest BCUT2D eigenvalue weighted by Crippen LogP contribution is 2.36. The fourth-order valence-corrected chi connectivity index (χ4v) is 4.83. The predicted molar refractivity (Wildman–Crippen MR) is 79.6 cm³/mol. The molecule has 110 valence electrons. The van der Waals surface area contributed by atoms with Gasteiger partial charge in [-0.2, -0.15) is 11.8 Å². The largest absolute Gasteiger partial charge is 0.348 e. The first-order chi connectivity index (χ1) is 9.31. The lowest BCUT2D eigenvalue weighted by molar-refractivity contribution is -0.179. The van der Waals surface area contributed by atoms with Crippen LogP contribution >= 0.6 is 11.8 Å². The lowest BCUT2D eigenvalue weighted by Crippen LogP contribution is -2.49. The Bertz CT molecular complexity index is 284. The van der Waals surface area contributed by atoms with Crippen molar-refractivity contribution in [3.05, 3.63) is 0 Å². The Morgan fingerprint density at radius 3 is 2.37 bits per heavy atom. The van der Waals surface area contributed by atoms with Crippen LogP contribution in [0.1, 0.15) is 51.4 Å². The van der Waals surface area contributed by atoms with Crippen LogP contribution in [-0.2, 0) is 9.47 Å². The van der Waals surface area contributed by atoms with Crippen molar-refractivity contribution < 1.29 is 9.47 Å². The Balaban J connectivity index is 1.48. The van der Waals surface area contributed by atoms with E-state index in [-0.39, 0.29) is 5.79 Å². The maximum Gasteiger partial charge on any atom is 0.168 e. The van der Waals surface area contributed by atoms with Crippen molar-refractivity contribution in [2.45, 2.75) is 74.5 Å². The molecule has 1 N–H and O–H groups in total. The van der Waals surface area contributed by atoms with E-state index in [1.807, 2.05) is 11.8 Å². The van der Waals surface area contributed by atoms with Gasteiger partial charge in [-0.05, 0) is 31.9 Å². The third kappa shape index (κ3) is 3.29. The van der Waals surface area contributed by atoms with Gasteiger partial charge >= 0.3 is 0 Å². The molecule has 0 aromatic carbocycles. The third-order valence-corrected chi connectivity index (χ3v) is 6.19. The molecular formula is C15H27NO2S. The van der Waals surface area contributed by atoms with Gasteiger partial charge in [0.2, 0.25) is 0 Å². The zero-order chi connectivity index (χ0) is 13.1. The van der Waals surface area contributed by atoms with Crippen LogP contribution < -0.4 is 5.32 Å². The third-order valence-electron chi connectivity index (χ3n) is 5.02. The van der Waals surface area contributed by atoms with Crippen LogP contribution in [0.2, 0.25) is 0 Å². The summed E-state index contributed by atoms with van der Waals surface area (Å²) in [6, 6.07) is 1.41. The molecule has 3 aliphatic rings. The predicted octanol–water partition coefficient (Wildman–Crippen LogP) is 2.94. The molecule has 2 atom stereocenters. The van der Waals surface area contributed by atoms with Crippen LogP contribution in [0.4, 0.5) is 0 Å². The molecule has 1 heterocycles. The molecule has 2 unspecified atom stereocenters. The molecule has 4 heteroatoms. The maximum absolute atomic E-state index is 5.81. The monoisotopic (exact) mass is 285 g/mol. The Morgan fingerprint density at radius 2 is 1.68 bits per heavy atom. The quantitative estimate of drug-likeness (QED) is 0.863. The van der Waals surface area contributed by atoms with Gasteiger partial charge in [0, 0.05) is 30.2 Å². The van der Waals surface area contributed by atoms with E-state index in [0.717, 1.165) is 37.3 Å². The van der Waals surface area contributed by atoms with Gasteiger partial charge in [-0.1, -0.05) is 12.8 Å². The summed E-state index contributed by atoms with van der Waals surface area (Å²) in [7, 11) is 0. The molecular weight excluding hydrogens is 258 g/mol. The van der Waals surface area contributed by atoms with E-state index in [0.29, 0.717) is 6.04 Å². The Kier molecular flexibility index (Phi) is 4.73. The average Bonchev–Trinajstić information content (AvgIpc) is 2.91. The summed E-state index contributed by atoms with van der Waals surface area (Å²) < 4.78 is 11.6. The molecule has 3 nitrogen and oxygen atoms in total. The highest BCUT2D eigenvalue weighted by molar-refractivity contribution is 7.99. The number of thioether (sulfide) groups is 1. The van der Waals surface area contributed by atoms with Crippen LogP contribution in [0.5, 0.6) is 0 Å². The highest BCUT2D eigenvalue weighted by Gasteiger charge is 2.41. The number of ether oxygens (including phenoxy) is 2. The van der Waals surface area contributed by atoms with Crippen LogP contribution in [0.15, 0.2) is 0 Å². The highest BCUT2D eigenvalue weighted by atomic mass is 32.2. The molecule has 19 heavy (non-hydrogen) atoms. The van der Waals surface area contributed by atoms with E-state index in [9.17, 15) is 0 Å². The molecule has 2 saturated carbocycles. The zero-order valence-corrected chi connectivity index (χ0v) is 12.8. The van der Waals surface area contributed by atoms with Crippen molar-refractivity contribution in [2.75, 3.05) is 19.5 Å². The summed E-state index contributed by atoms with van der Waals surface area (Å²) in [6.07, 6.45) is 12.4. The number of hydrogen-bond acceptors (Lipinski definition) is 4. The Morgan fingerprint density at radius 1 is 1.00 bits per heavy atom. The topological polar surface area (TPSA) is 30.5 Å². The number of rotatable bonds is 3. The van der Waals surface area contributed by atoms with Crippen LogP contribution in [0.3, 0.4) is 0 Å². The van der Waals surface area contributed by atoms with Gasteiger partial charge in [-0.15, -0.1) is 0 Å². The summed E-state index contributed by atoms with van der Waals surface area (Å²) in [6.45, 7) is 1.57. The second-order valence-electron chi connectivity index (χ2n) is 6.21. The lowest BCUT2D eigenvalue weighted by atomic mass is 9.87. The lowest BCUT2D eigenvalue weighted by Gasteiger charge is -2.39. The molecule has 0 aromatic rings. The fraction of sp³-hybridized carbons (Fsp3) is 1.00. The van der Waals surface area contributed by atoms with Crippen molar-refractivity contribution in [3.8, 4) is 0 Å². The summed E-state index contributed by atoms with van der Waals surface area (Å²) in [5, 5.41) is 4.76. The second kappa shape index (κ2) is 6.33. The van der Waals surface area contributed by atoms with Crippen molar-refractivity contribution >= 4 is 11.8 Å². The van der Waals surface area contributed by atoms with Crippen LogP contribution in [0, 0.1) is 0 Å². The van der Waals surface area contributed by atoms with Gasteiger partial charge in [0.1, 0.15) is 0 Å². The van der Waals surface area contributed by atoms with Crippen LogP contribution in [0.25, 0.3) is 0 Å². The molecule has 3 fully saturated rings. The molecule has 1 saturated heterocycles. The second-order valence-corrected chi connectivity index (χ2v) is 7.29. The zero-order valence-electron chi connectivity index (χ0n) is 12.0. The smallest absolute Gasteiger partial charge is 0.168 e. The van der Waals surface area contributed by atoms with Crippen molar-refractivity contribution in [1.82, 2.24) is 5.32 Å². The average molecular weight is 285 g/mol. The van der Waals surface area contributed by atoms with E-state index in [1.165, 1.54) is 38.5 Å². The summed E-state index contributed by atoms with van der Waals surface area (Å²) in [5.74, 6) is -0.205. The number of nitrogens with one attached hydrogen (secondary N) is 1. The molecule has 2 aliphatic carbocycles. The first kappa shape index (κ1) is 14.2. The number of hydrogen-bond donors (Lipinski definition) is 1. The molecule has 0 aromatic heterocycles. The molecule has 3 rings (SSSR count). The maximum atomic E-state index is 5.81. The summed E-state index contributed by atoms with van der Waals surface area (Å²) in [5.41, 5.74) is 0. The minimum atomic E-state index is -0.205. The minimum absolute atomic E-state index is 0.205. The minimum Gasteiger partial charge on any atom is -0.348 e. The van der Waals surface area contributed by atoms with Gasteiger partial charge in [0.25, 0.3) is 0 Å². The Hall–Kier alpha value is 0.230. The van der Waals surface area contributed by atoms with E-state index in [2.05, 4.69) is 11.6 Å². The van der Waals surface area contributed by atoms with Crippen molar-refractivity contribution in [3.63, 3.8) is 0 Å². The van der Waals surface area contributed by atoms with E-state index >= 15 is 0 Å². The van der Waals surface area contributed by atoms with Crippen molar-refractivity contribution in [1.29, 1.82) is 0 Å². The summed E-state index contributed by atoms with van der Waals surface area (Å²) >= 11 is 2.05. The van der Waals surface area contributed by atoms with Gasteiger partial charge in [-0.3, -0.25) is 0 Å². The SMILES string of the molecule is CSC1CCCCC1NC1CCC2(CC1)OCCO2. The molecule has 0 amide bonds. The van der Waals surface area contributed by atoms with E-state index < -0.39 is 0 Å². The van der Waals surface area contributed by atoms with Gasteiger partial charge in [0.05, 0.1) is 13.2 Å². The summed E-state index contributed by atoms with van der Waals surface area (Å²) in [4.78, 5) is 0. The van der Waals surface area contributed by atoms with Gasteiger partial charge in [0.15, 0.2) is 5.79 Å². The van der Waals surface area contributed by atoms with Crippen molar-refractivity contribution in [2.24, 2.45) is 0 Å². The van der Waals surface area contributed by atoms with Gasteiger partial charge < -0.3 is 14.8 Å². The normalized spacial score (nSPS) is 35.8. The fourth-order valence-electron chi connectivity index (χ4n) is 3.88. The molecule has 0 bridgehead atoms. The molecule has 0 radical (unpaired) electrons. The van der Waals surface area contributed by atoms with E-state index in [1.54, 1.807) is 0 Å². The van der Waals surface area contributed by atoms with Gasteiger partial charge in [-0.25, -0.2) is 0 Å². The first-order valence-corrected chi connectivity index (χ1v) is 9.17. The molecule has 1 aliphatic heterocycles. The molecule has 1 spiro atoms. The first-order valence-electron chi connectivity index (χ1n) is 7.88. The standard InChI is InChI=1S/C15H27NO2S/c1-19-14-5-3-2-4-13(14)16-12-6-8-15(9-7-12)17-10-11-18-15/h12-14,16H,2-11H2,1H3.